The SMILES string of the molecule is Cc1cc2c3c(c1)C(c1ccccc1)(c1ccccc1)c1cccc4c1B3c1c(ccc3c5ccccc5n-4c13)C2. The van der Waals surface area contributed by atoms with Crippen molar-refractivity contribution in [3.8, 4) is 5.69 Å². The zero-order valence-corrected chi connectivity index (χ0v) is 22.9. The van der Waals surface area contributed by atoms with Gasteiger partial charge in [-0.1, -0.05) is 126 Å². The predicted molar refractivity (Wildman–Crippen MR) is 171 cm³/mol. The first-order valence-electron chi connectivity index (χ1n) is 14.7. The van der Waals surface area contributed by atoms with Gasteiger partial charge in [-0.05, 0) is 69.8 Å². The second kappa shape index (κ2) is 7.47. The van der Waals surface area contributed by atoms with E-state index in [1.807, 2.05) is 0 Å². The van der Waals surface area contributed by atoms with Crippen molar-refractivity contribution in [3.63, 3.8) is 0 Å². The number of rotatable bonds is 2. The molecule has 0 spiro atoms. The summed E-state index contributed by atoms with van der Waals surface area (Å²) >= 11 is 0. The summed E-state index contributed by atoms with van der Waals surface area (Å²) in [5.41, 5.74) is 18.0. The van der Waals surface area contributed by atoms with Gasteiger partial charge in [0.1, 0.15) is 0 Å². The first-order valence-corrected chi connectivity index (χ1v) is 14.7. The first-order chi connectivity index (χ1) is 20.3. The monoisotopic (exact) mass is 519 g/mol. The molecular weight excluding hydrogens is 493 g/mol. The maximum Gasteiger partial charge on any atom is 0.248 e. The summed E-state index contributed by atoms with van der Waals surface area (Å²) in [6.45, 7) is 2.51. The van der Waals surface area contributed by atoms with Crippen molar-refractivity contribution in [2.24, 2.45) is 0 Å². The molecule has 0 atom stereocenters. The van der Waals surface area contributed by atoms with Crippen LogP contribution >= 0.6 is 0 Å². The average Bonchev–Trinajstić information content (AvgIpc) is 3.36. The Balaban J connectivity index is 1.49. The largest absolute Gasteiger partial charge is 0.310 e. The van der Waals surface area contributed by atoms with Crippen LogP contribution < -0.4 is 16.4 Å². The van der Waals surface area contributed by atoms with Gasteiger partial charge in [0.15, 0.2) is 0 Å². The smallest absolute Gasteiger partial charge is 0.248 e. The van der Waals surface area contributed by atoms with E-state index >= 15 is 0 Å². The summed E-state index contributed by atoms with van der Waals surface area (Å²) in [6.07, 6.45) is 0.977. The Hall–Kier alpha value is -4.82. The molecule has 0 aliphatic carbocycles. The van der Waals surface area contributed by atoms with Crippen LogP contribution in [0.25, 0.3) is 27.5 Å². The number of aryl methyl sites for hydroxylation is 1. The van der Waals surface area contributed by atoms with Crippen molar-refractivity contribution in [1.29, 1.82) is 0 Å². The van der Waals surface area contributed by atoms with E-state index in [0.717, 1.165) is 6.42 Å². The van der Waals surface area contributed by atoms with Crippen molar-refractivity contribution in [2.75, 3.05) is 0 Å². The van der Waals surface area contributed by atoms with Gasteiger partial charge in [0, 0.05) is 22.0 Å². The summed E-state index contributed by atoms with van der Waals surface area (Å²) in [5.74, 6) is 0. The minimum atomic E-state index is -0.410. The lowest BCUT2D eigenvalue weighted by Crippen LogP contribution is -2.67. The standard InChI is InChI=1S/C39H26BN/c1-24-21-26-23-25-19-20-30-29-15-8-9-17-33(29)41-34-18-10-16-31-37(34)40(36(25)38(30)41)35(26)32(22-24)39(31,27-11-4-2-5-12-27)28-13-6-3-7-14-28/h2-22H,23H2,1H3. The van der Waals surface area contributed by atoms with Crippen LogP contribution in [0.4, 0.5) is 0 Å². The van der Waals surface area contributed by atoms with Crippen molar-refractivity contribution in [2.45, 2.75) is 18.8 Å². The molecule has 6 aromatic carbocycles. The van der Waals surface area contributed by atoms with E-state index in [2.05, 4.69) is 139 Å². The van der Waals surface area contributed by atoms with E-state index in [4.69, 9.17) is 0 Å². The average molecular weight is 519 g/mol. The van der Waals surface area contributed by atoms with Crippen molar-refractivity contribution in [1.82, 2.24) is 4.57 Å². The van der Waals surface area contributed by atoms with Crippen LogP contribution in [0.1, 0.15) is 38.9 Å². The Kier molecular flexibility index (Phi) is 4.00. The van der Waals surface area contributed by atoms with Crippen molar-refractivity contribution in [3.05, 3.63) is 166 Å². The van der Waals surface area contributed by atoms with Gasteiger partial charge < -0.3 is 4.57 Å². The van der Waals surface area contributed by atoms with Gasteiger partial charge in [-0.2, -0.15) is 0 Å². The molecule has 0 amide bonds. The fraction of sp³-hybridized carbons (Fsp3) is 0.0769. The second-order valence-electron chi connectivity index (χ2n) is 12.1. The fourth-order valence-electron chi connectivity index (χ4n) is 8.85. The summed E-state index contributed by atoms with van der Waals surface area (Å²) in [7, 11) is 0. The van der Waals surface area contributed by atoms with Gasteiger partial charge in [-0.25, -0.2) is 0 Å². The molecule has 2 heteroatoms. The lowest BCUT2D eigenvalue weighted by molar-refractivity contribution is 0.747. The molecule has 0 unspecified atom stereocenters. The van der Waals surface area contributed by atoms with E-state index in [1.165, 1.54) is 82.8 Å². The van der Waals surface area contributed by atoms with E-state index in [0.29, 0.717) is 0 Å². The van der Waals surface area contributed by atoms with Gasteiger partial charge in [0.2, 0.25) is 6.71 Å². The summed E-state index contributed by atoms with van der Waals surface area (Å²) in [4.78, 5) is 0. The highest BCUT2D eigenvalue weighted by atomic mass is 15.0. The van der Waals surface area contributed by atoms with Gasteiger partial charge in [-0.3, -0.25) is 0 Å². The molecular formula is C39H26BN. The Morgan fingerprint density at radius 2 is 1.32 bits per heavy atom. The highest BCUT2D eigenvalue weighted by Gasteiger charge is 2.52. The fourth-order valence-corrected chi connectivity index (χ4v) is 8.85. The molecule has 4 heterocycles. The van der Waals surface area contributed by atoms with Crippen LogP contribution in [0.15, 0.2) is 127 Å². The van der Waals surface area contributed by atoms with E-state index in [1.54, 1.807) is 0 Å². The van der Waals surface area contributed by atoms with Crippen LogP contribution in [0.3, 0.4) is 0 Å². The van der Waals surface area contributed by atoms with Crippen molar-refractivity contribution >= 4 is 44.9 Å². The zero-order chi connectivity index (χ0) is 26.9. The molecule has 10 rings (SSSR count). The Morgan fingerprint density at radius 3 is 2.10 bits per heavy atom. The van der Waals surface area contributed by atoms with Gasteiger partial charge in [0.25, 0.3) is 0 Å². The molecule has 0 N–H and O–H groups in total. The highest BCUT2D eigenvalue weighted by molar-refractivity contribution is 7.00. The number of hydrogen-bond donors (Lipinski definition) is 0. The molecule has 0 saturated carbocycles. The summed E-state index contributed by atoms with van der Waals surface area (Å²) in [5, 5.41) is 2.71. The first kappa shape index (κ1) is 21.9. The number of fused-ring (bicyclic) bond motifs is 4. The topological polar surface area (TPSA) is 4.93 Å². The normalized spacial score (nSPS) is 15.0. The molecule has 41 heavy (non-hydrogen) atoms. The molecule has 3 aliphatic heterocycles. The molecule has 1 nitrogen and oxygen atoms in total. The maximum absolute atomic E-state index is 2.59. The molecule has 0 radical (unpaired) electrons. The van der Waals surface area contributed by atoms with E-state index in [-0.39, 0.29) is 6.71 Å². The van der Waals surface area contributed by atoms with Gasteiger partial charge in [-0.15, -0.1) is 0 Å². The number of aromatic nitrogens is 1. The van der Waals surface area contributed by atoms with Crippen LogP contribution in [-0.2, 0) is 11.8 Å². The minimum absolute atomic E-state index is 0.233. The van der Waals surface area contributed by atoms with Crippen LogP contribution in [0, 0.1) is 6.92 Å². The molecule has 190 valence electrons. The zero-order valence-electron chi connectivity index (χ0n) is 22.9. The molecule has 7 aromatic rings. The number of hydrogen-bond acceptors (Lipinski definition) is 0. The molecule has 0 bridgehead atoms. The number of nitrogens with zero attached hydrogens (tertiary/aromatic N) is 1. The quantitative estimate of drug-likeness (QED) is 0.229. The third-order valence-electron chi connectivity index (χ3n) is 10.2. The Bertz CT molecular complexity index is 2200. The second-order valence-corrected chi connectivity index (χ2v) is 12.1. The van der Waals surface area contributed by atoms with Crippen molar-refractivity contribution < 1.29 is 0 Å². The van der Waals surface area contributed by atoms with E-state index in [9.17, 15) is 0 Å². The third kappa shape index (κ3) is 2.47. The number of para-hydroxylation sites is 1. The summed E-state index contributed by atoms with van der Waals surface area (Å²) < 4.78 is 2.59. The maximum atomic E-state index is 2.59. The van der Waals surface area contributed by atoms with Crippen LogP contribution in [0.5, 0.6) is 0 Å². The third-order valence-corrected chi connectivity index (χ3v) is 10.2. The van der Waals surface area contributed by atoms with Gasteiger partial charge >= 0.3 is 0 Å². The molecule has 0 saturated heterocycles. The highest BCUT2D eigenvalue weighted by Crippen LogP contribution is 2.49. The molecule has 1 aromatic heterocycles. The summed E-state index contributed by atoms with van der Waals surface area (Å²) in [6, 6.07) is 48.3. The predicted octanol–water partition coefficient (Wildman–Crippen LogP) is 6.52. The molecule has 3 aliphatic rings. The van der Waals surface area contributed by atoms with Crippen LogP contribution in [0.2, 0.25) is 0 Å². The lowest BCUT2D eigenvalue weighted by Gasteiger charge is -2.48. The Morgan fingerprint density at radius 1 is 0.585 bits per heavy atom. The lowest BCUT2D eigenvalue weighted by atomic mass is 9.27. The minimum Gasteiger partial charge on any atom is -0.310 e. The Labute approximate surface area is 239 Å². The van der Waals surface area contributed by atoms with Crippen LogP contribution in [-0.4, -0.2) is 11.3 Å². The van der Waals surface area contributed by atoms with E-state index < -0.39 is 5.41 Å². The number of benzene rings is 6. The van der Waals surface area contributed by atoms with Gasteiger partial charge in [0.05, 0.1) is 10.9 Å². The molecule has 0 fully saturated rings.